The van der Waals surface area contributed by atoms with Gasteiger partial charge in [-0.3, -0.25) is 4.79 Å². The molecule has 0 amide bonds. The number of fused-ring (bicyclic) bond motifs is 1. The molecule has 2 heterocycles. The minimum absolute atomic E-state index is 0.0394. The third-order valence-corrected chi connectivity index (χ3v) is 5.93. The summed E-state index contributed by atoms with van der Waals surface area (Å²) in [7, 11) is 0. The maximum Gasteiger partial charge on any atom is 0.274 e. The summed E-state index contributed by atoms with van der Waals surface area (Å²) in [6.07, 6.45) is 0. The van der Waals surface area contributed by atoms with Gasteiger partial charge < -0.3 is 20.1 Å². The van der Waals surface area contributed by atoms with Crippen molar-refractivity contribution in [2.45, 2.75) is 6.54 Å². The summed E-state index contributed by atoms with van der Waals surface area (Å²) in [6.45, 7) is 4.04. The van der Waals surface area contributed by atoms with Crippen LogP contribution in [-0.4, -0.2) is 31.2 Å². The first kappa shape index (κ1) is 19.2. The molecular weight excluding hydrogens is 384 g/mol. The van der Waals surface area contributed by atoms with Crippen molar-refractivity contribution in [1.82, 2.24) is 4.98 Å². The van der Waals surface area contributed by atoms with Crippen LogP contribution >= 0.6 is 0 Å². The molecule has 156 valence electrons. The van der Waals surface area contributed by atoms with Crippen LogP contribution < -0.4 is 20.7 Å². The first-order valence-corrected chi connectivity index (χ1v) is 10.8. The summed E-state index contributed by atoms with van der Waals surface area (Å²) in [5.41, 5.74) is 4.89. The molecule has 5 rings (SSSR count). The molecule has 1 aromatic heterocycles. The van der Waals surface area contributed by atoms with Gasteiger partial charge in [-0.05, 0) is 23.8 Å². The lowest BCUT2D eigenvalue weighted by atomic mass is 10.1. The summed E-state index contributed by atoms with van der Waals surface area (Å²) < 4.78 is 0. The maximum absolute atomic E-state index is 13.2. The summed E-state index contributed by atoms with van der Waals surface area (Å²) in [5, 5.41) is 4.62. The molecule has 5 heteroatoms. The molecule has 1 aliphatic rings. The van der Waals surface area contributed by atoms with Crippen molar-refractivity contribution in [2.24, 2.45) is 0 Å². The van der Waals surface area contributed by atoms with Gasteiger partial charge in [0.2, 0.25) is 0 Å². The Morgan fingerprint density at radius 3 is 2.10 bits per heavy atom. The number of benzene rings is 3. The van der Waals surface area contributed by atoms with Gasteiger partial charge >= 0.3 is 0 Å². The molecule has 0 radical (unpaired) electrons. The van der Waals surface area contributed by atoms with E-state index in [2.05, 4.69) is 62.6 Å². The highest BCUT2D eigenvalue weighted by Crippen LogP contribution is 2.31. The number of rotatable bonds is 5. The van der Waals surface area contributed by atoms with Crippen molar-refractivity contribution in [1.29, 1.82) is 0 Å². The molecule has 3 aromatic carbocycles. The highest BCUT2D eigenvalue weighted by Gasteiger charge is 2.23. The Hall–Kier alpha value is -3.73. The van der Waals surface area contributed by atoms with Gasteiger partial charge in [0.15, 0.2) is 0 Å². The average molecular weight is 411 g/mol. The number of aromatic nitrogens is 1. The van der Waals surface area contributed by atoms with Gasteiger partial charge in [-0.2, -0.15) is 0 Å². The normalized spacial score (nSPS) is 14.1. The van der Waals surface area contributed by atoms with Crippen LogP contribution in [0.25, 0.3) is 10.9 Å². The highest BCUT2D eigenvalue weighted by molar-refractivity contribution is 5.97. The molecule has 4 aromatic rings. The molecule has 0 bridgehead atoms. The molecule has 0 spiro atoms. The van der Waals surface area contributed by atoms with Crippen molar-refractivity contribution >= 4 is 28.0 Å². The van der Waals surface area contributed by atoms with Crippen LogP contribution in [0.5, 0.6) is 0 Å². The molecule has 1 aliphatic heterocycles. The number of piperazine rings is 1. The predicted molar refractivity (Wildman–Crippen MR) is 129 cm³/mol. The Kier molecular flexibility index (Phi) is 5.31. The van der Waals surface area contributed by atoms with E-state index in [-0.39, 0.29) is 5.56 Å². The first-order chi connectivity index (χ1) is 15.3. The number of aromatic amines is 1. The van der Waals surface area contributed by atoms with Crippen LogP contribution in [0.15, 0.2) is 89.7 Å². The van der Waals surface area contributed by atoms with E-state index < -0.39 is 0 Å². The molecular formula is C26H26N4O. The molecule has 0 saturated carbocycles. The van der Waals surface area contributed by atoms with Crippen LogP contribution in [0.4, 0.5) is 17.1 Å². The van der Waals surface area contributed by atoms with Crippen molar-refractivity contribution in [3.63, 3.8) is 0 Å². The number of para-hydroxylation sites is 2. The smallest absolute Gasteiger partial charge is 0.274 e. The van der Waals surface area contributed by atoms with Gasteiger partial charge in [0.1, 0.15) is 5.69 Å². The number of H-pyrrole nitrogens is 1. The SMILES string of the molecule is O=c1[nH]c2ccccc2c(NCc2ccccc2)c1N1CCN(c2ccccc2)CC1. The number of hydrogen-bond donors (Lipinski definition) is 2. The fourth-order valence-corrected chi connectivity index (χ4v) is 4.33. The van der Waals surface area contributed by atoms with Crippen LogP contribution in [0.2, 0.25) is 0 Å². The number of pyridine rings is 1. The number of nitrogens with one attached hydrogen (secondary N) is 2. The largest absolute Gasteiger partial charge is 0.379 e. The molecule has 2 N–H and O–H groups in total. The molecule has 5 nitrogen and oxygen atoms in total. The van der Waals surface area contributed by atoms with Gasteiger partial charge in [0.05, 0.1) is 11.2 Å². The minimum atomic E-state index is -0.0394. The fraction of sp³-hybridized carbons (Fsp3) is 0.192. The zero-order valence-electron chi connectivity index (χ0n) is 17.4. The van der Waals surface area contributed by atoms with Crippen molar-refractivity contribution in [3.8, 4) is 0 Å². The Labute approximate surface area is 181 Å². The van der Waals surface area contributed by atoms with Crippen molar-refractivity contribution < 1.29 is 0 Å². The van der Waals surface area contributed by atoms with Gasteiger partial charge in [0.25, 0.3) is 5.56 Å². The van der Waals surface area contributed by atoms with Crippen LogP contribution in [0.1, 0.15) is 5.56 Å². The van der Waals surface area contributed by atoms with E-state index in [0.717, 1.165) is 48.5 Å². The van der Waals surface area contributed by atoms with Crippen LogP contribution in [-0.2, 0) is 6.54 Å². The number of anilines is 3. The zero-order valence-corrected chi connectivity index (χ0v) is 17.4. The molecule has 0 atom stereocenters. The topological polar surface area (TPSA) is 51.4 Å². The maximum atomic E-state index is 13.2. The van der Waals surface area contributed by atoms with E-state index in [0.29, 0.717) is 6.54 Å². The quantitative estimate of drug-likeness (QED) is 0.510. The second-order valence-corrected chi connectivity index (χ2v) is 7.87. The molecule has 31 heavy (non-hydrogen) atoms. The van der Waals surface area contributed by atoms with Gasteiger partial charge in [-0.1, -0.05) is 66.7 Å². The molecule has 1 fully saturated rings. The second kappa shape index (κ2) is 8.56. The van der Waals surface area contributed by atoms with E-state index in [1.165, 1.54) is 11.3 Å². The van der Waals surface area contributed by atoms with Crippen molar-refractivity contribution in [2.75, 3.05) is 41.3 Å². The monoisotopic (exact) mass is 410 g/mol. The Morgan fingerprint density at radius 1 is 0.742 bits per heavy atom. The van der Waals surface area contributed by atoms with E-state index in [9.17, 15) is 4.79 Å². The second-order valence-electron chi connectivity index (χ2n) is 7.87. The van der Waals surface area contributed by atoms with Crippen molar-refractivity contribution in [3.05, 3.63) is 101 Å². The Balaban J connectivity index is 1.46. The molecule has 0 aliphatic carbocycles. The molecule has 1 saturated heterocycles. The summed E-state index contributed by atoms with van der Waals surface area (Å²) >= 11 is 0. The fourth-order valence-electron chi connectivity index (χ4n) is 4.33. The average Bonchev–Trinajstić information content (AvgIpc) is 2.84. The lowest BCUT2D eigenvalue weighted by molar-refractivity contribution is 0.652. The lowest BCUT2D eigenvalue weighted by Gasteiger charge is -2.37. The lowest BCUT2D eigenvalue weighted by Crippen LogP contribution is -2.48. The predicted octanol–water partition coefficient (Wildman–Crippen LogP) is 4.47. The van der Waals surface area contributed by atoms with E-state index in [4.69, 9.17) is 0 Å². The van der Waals surface area contributed by atoms with Crippen LogP contribution in [0, 0.1) is 0 Å². The van der Waals surface area contributed by atoms with E-state index in [1.54, 1.807) is 0 Å². The summed E-state index contributed by atoms with van der Waals surface area (Å²) in [6, 6.07) is 28.8. The van der Waals surface area contributed by atoms with Gasteiger partial charge in [-0.25, -0.2) is 0 Å². The first-order valence-electron chi connectivity index (χ1n) is 10.8. The minimum Gasteiger partial charge on any atom is -0.379 e. The zero-order chi connectivity index (χ0) is 21.0. The standard InChI is InChI=1S/C26H26N4O/c31-26-25(30-17-15-29(16-18-30)21-11-5-2-6-12-21)24(22-13-7-8-14-23(22)28-26)27-19-20-9-3-1-4-10-20/h1-14H,15-19H2,(H2,27,28,31). The number of nitrogens with zero attached hydrogens (tertiary/aromatic N) is 2. The summed E-state index contributed by atoms with van der Waals surface area (Å²) in [4.78, 5) is 20.8. The number of hydrogen-bond acceptors (Lipinski definition) is 4. The van der Waals surface area contributed by atoms with Gasteiger partial charge in [-0.15, -0.1) is 0 Å². The van der Waals surface area contributed by atoms with Crippen LogP contribution in [0.3, 0.4) is 0 Å². The van der Waals surface area contributed by atoms with Gasteiger partial charge in [0, 0.05) is 43.8 Å². The third kappa shape index (κ3) is 3.99. The summed E-state index contributed by atoms with van der Waals surface area (Å²) in [5.74, 6) is 0. The molecule has 0 unspecified atom stereocenters. The Bertz CT molecular complexity index is 1210. The van der Waals surface area contributed by atoms with E-state index >= 15 is 0 Å². The van der Waals surface area contributed by atoms with E-state index in [1.807, 2.05) is 42.5 Å². The highest BCUT2D eigenvalue weighted by atomic mass is 16.1. The third-order valence-electron chi connectivity index (χ3n) is 5.93. The Morgan fingerprint density at radius 2 is 1.35 bits per heavy atom.